The van der Waals surface area contributed by atoms with Gasteiger partial charge < -0.3 is 9.64 Å². The summed E-state index contributed by atoms with van der Waals surface area (Å²) in [6, 6.07) is 9.59. The van der Waals surface area contributed by atoms with E-state index >= 15 is 0 Å². The number of aryl methyl sites for hydroxylation is 1. The minimum atomic E-state index is -4.13. The average molecular weight is 524 g/mol. The quantitative estimate of drug-likeness (QED) is 0.458. The molecule has 0 saturated heterocycles. The van der Waals surface area contributed by atoms with Gasteiger partial charge in [0.2, 0.25) is 11.8 Å². The standard InChI is InChI=1S/C27H33N5O4S/c1-17(31(2)3)24-16-27(29-32(24)20-9-10-20)37(34,35)30-25(33)15-23-21-7-5-6-18(21)8-11-22(23)19-12-13-28-26(14-19)36-4/h8,11-14,16-17,20H,5-7,9-10,15H2,1-4H3,(H,30,33). The molecule has 3 aromatic rings. The van der Waals surface area contributed by atoms with Crippen LogP contribution in [0.25, 0.3) is 11.1 Å². The molecular weight excluding hydrogens is 490 g/mol. The van der Waals surface area contributed by atoms with Gasteiger partial charge in [0.1, 0.15) is 0 Å². The SMILES string of the molecule is COc1cc(-c2ccc3c(c2CC(=O)NS(=O)(=O)c2cc(C(C)N(C)C)n(C4CC4)n2)CCC3)ccn1. The van der Waals surface area contributed by atoms with Crippen LogP contribution in [0.4, 0.5) is 0 Å². The van der Waals surface area contributed by atoms with Crippen LogP contribution in [0.5, 0.6) is 5.88 Å². The fourth-order valence-corrected chi connectivity index (χ4v) is 5.96. The molecule has 0 aliphatic heterocycles. The number of hydrogen-bond acceptors (Lipinski definition) is 7. The highest BCUT2D eigenvalue weighted by Crippen LogP contribution is 2.38. The highest BCUT2D eigenvalue weighted by atomic mass is 32.2. The molecule has 2 aliphatic rings. The summed E-state index contributed by atoms with van der Waals surface area (Å²) in [4.78, 5) is 19.4. The predicted molar refractivity (Wildman–Crippen MR) is 140 cm³/mol. The number of amides is 1. The van der Waals surface area contributed by atoms with Crippen molar-refractivity contribution < 1.29 is 17.9 Å². The highest BCUT2D eigenvalue weighted by Gasteiger charge is 2.33. The molecular formula is C27H33N5O4S. The van der Waals surface area contributed by atoms with Gasteiger partial charge in [0.25, 0.3) is 10.0 Å². The van der Waals surface area contributed by atoms with Gasteiger partial charge in [-0.05, 0) is 87.0 Å². The van der Waals surface area contributed by atoms with Crippen LogP contribution in [0.2, 0.25) is 0 Å². The molecule has 1 fully saturated rings. The minimum Gasteiger partial charge on any atom is -0.481 e. The Morgan fingerprint density at radius 3 is 2.70 bits per heavy atom. The fourth-order valence-electron chi connectivity index (χ4n) is 5.01. The molecule has 1 atom stereocenters. The molecule has 2 aromatic heterocycles. The molecule has 196 valence electrons. The van der Waals surface area contributed by atoms with Gasteiger partial charge in [-0.2, -0.15) is 13.5 Å². The topological polar surface area (TPSA) is 106 Å². The Morgan fingerprint density at radius 2 is 2.00 bits per heavy atom. The first-order chi connectivity index (χ1) is 17.7. The molecule has 2 heterocycles. The zero-order valence-corrected chi connectivity index (χ0v) is 22.5. The Labute approximate surface area is 217 Å². The molecule has 0 radical (unpaired) electrons. The van der Waals surface area contributed by atoms with Crippen molar-refractivity contribution in [2.24, 2.45) is 0 Å². The van der Waals surface area contributed by atoms with E-state index in [0.29, 0.717) is 5.88 Å². The lowest BCUT2D eigenvalue weighted by atomic mass is 9.91. The summed E-state index contributed by atoms with van der Waals surface area (Å²) in [6.45, 7) is 2.01. The van der Waals surface area contributed by atoms with E-state index in [1.807, 2.05) is 48.8 Å². The number of aromatic nitrogens is 3. The second-order valence-corrected chi connectivity index (χ2v) is 11.7. The molecule has 1 aromatic carbocycles. The maximum Gasteiger partial charge on any atom is 0.283 e. The van der Waals surface area contributed by atoms with Crippen LogP contribution in [0, 0.1) is 0 Å². The van der Waals surface area contributed by atoms with Gasteiger partial charge in [0.15, 0.2) is 5.03 Å². The third-order valence-electron chi connectivity index (χ3n) is 7.35. The molecule has 9 nitrogen and oxygen atoms in total. The van der Waals surface area contributed by atoms with Crippen molar-refractivity contribution in [1.82, 2.24) is 24.4 Å². The molecule has 10 heteroatoms. The van der Waals surface area contributed by atoms with E-state index in [2.05, 4.69) is 20.9 Å². The van der Waals surface area contributed by atoms with Crippen LogP contribution in [0.1, 0.15) is 60.7 Å². The van der Waals surface area contributed by atoms with Crippen molar-refractivity contribution in [2.75, 3.05) is 21.2 Å². The maximum absolute atomic E-state index is 13.3. The number of benzene rings is 1. The Balaban J connectivity index is 1.44. The molecule has 2 aliphatic carbocycles. The second kappa shape index (κ2) is 9.90. The second-order valence-electron chi connectivity index (χ2n) is 10.1. The summed E-state index contributed by atoms with van der Waals surface area (Å²) in [5.41, 5.74) is 5.77. The summed E-state index contributed by atoms with van der Waals surface area (Å²) in [7, 11) is 1.32. The fraction of sp³-hybridized carbons (Fsp3) is 0.444. The number of ether oxygens (including phenoxy) is 1. The Bertz CT molecular complexity index is 1440. The van der Waals surface area contributed by atoms with Gasteiger partial charge in [0, 0.05) is 24.4 Å². The maximum atomic E-state index is 13.3. The first kappa shape index (κ1) is 25.4. The van der Waals surface area contributed by atoms with Crippen molar-refractivity contribution in [3.63, 3.8) is 0 Å². The van der Waals surface area contributed by atoms with Crippen LogP contribution in [0.15, 0.2) is 41.6 Å². The highest BCUT2D eigenvalue weighted by molar-refractivity contribution is 7.90. The molecule has 1 unspecified atom stereocenters. The van der Waals surface area contributed by atoms with E-state index in [0.717, 1.165) is 60.1 Å². The largest absolute Gasteiger partial charge is 0.481 e. The Morgan fingerprint density at radius 1 is 1.22 bits per heavy atom. The van der Waals surface area contributed by atoms with Gasteiger partial charge in [-0.3, -0.25) is 9.48 Å². The van der Waals surface area contributed by atoms with Gasteiger partial charge in [-0.25, -0.2) is 9.71 Å². The van der Waals surface area contributed by atoms with E-state index < -0.39 is 15.9 Å². The lowest BCUT2D eigenvalue weighted by molar-refractivity contribution is -0.118. The third kappa shape index (κ3) is 5.13. The average Bonchev–Trinajstić information content (AvgIpc) is 3.41. The lowest BCUT2D eigenvalue weighted by Crippen LogP contribution is -2.32. The zero-order valence-electron chi connectivity index (χ0n) is 21.7. The van der Waals surface area contributed by atoms with Gasteiger partial charge in [-0.15, -0.1) is 0 Å². The van der Waals surface area contributed by atoms with Crippen LogP contribution < -0.4 is 9.46 Å². The van der Waals surface area contributed by atoms with Crippen molar-refractivity contribution in [3.8, 4) is 17.0 Å². The van der Waals surface area contributed by atoms with Crippen LogP contribution >= 0.6 is 0 Å². The number of pyridine rings is 1. The van der Waals surface area contributed by atoms with Gasteiger partial charge >= 0.3 is 0 Å². The number of carbonyl (C=O) groups is 1. The number of nitrogens with one attached hydrogen (secondary N) is 1. The third-order valence-corrected chi connectivity index (χ3v) is 8.60. The van der Waals surface area contributed by atoms with E-state index in [9.17, 15) is 13.2 Å². The number of hydrogen-bond donors (Lipinski definition) is 1. The molecule has 5 rings (SSSR count). The van der Waals surface area contributed by atoms with Crippen LogP contribution in [0.3, 0.4) is 0 Å². The van der Waals surface area contributed by atoms with Gasteiger partial charge in [0.05, 0.1) is 25.3 Å². The number of carbonyl (C=O) groups excluding carboxylic acids is 1. The van der Waals surface area contributed by atoms with Crippen LogP contribution in [-0.2, 0) is 34.1 Å². The number of sulfonamides is 1. The van der Waals surface area contributed by atoms with E-state index in [4.69, 9.17) is 4.74 Å². The molecule has 1 amide bonds. The molecule has 0 spiro atoms. The molecule has 37 heavy (non-hydrogen) atoms. The zero-order chi connectivity index (χ0) is 26.3. The molecule has 1 saturated carbocycles. The summed E-state index contributed by atoms with van der Waals surface area (Å²) < 4.78 is 35.9. The van der Waals surface area contributed by atoms with Crippen molar-refractivity contribution >= 4 is 15.9 Å². The number of fused-ring (bicyclic) bond motifs is 1. The normalized spacial score (nSPS) is 16.0. The van der Waals surface area contributed by atoms with Crippen molar-refractivity contribution in [2.45, 2.75) is 62.6 Å². The first-order valence-corrected chi connectivity index (χ1v) is 14.1. The Kier molecular flexibility index (Phi) is 6.80. The Hall–Kier alpha value is -3.24. The molecule has 0 bridgehead atoms. The van der Waals surface area contributed by atoms with Crippen molar-refractivity contribution in [3.05, 3.63) is 58.9 Å². The monoisotopic (exact) mass is 523 g/mol. The van der Waals surface area contributed by atoms with Gasteiger partial charge in [-0.1, -0.05) is 12.1 Å². The number of methoxy groups -OCH3 is 1. The van der Waals surface area contributed by atoms with Crippen LogP contribution in [-0.4, -0.2) is 55.2 Å². The number of rotatable bonds is 9. The van der Waals surface area contributed by atoms with E-state index in [-0.39, 0.29) is 23.5 Å². The summed E-state index contributed by atoms with van der Waals surface area (Å²) >= 11 is 0. The lowest BCUT2D eigenvalue weighted by Gasteiger charge is -2.20. The molecule has 1 N–H and O–H groups in total. The van der Waals surface area contributed by atoms with Crippen molar-refractivity contribution in [1.29, 1.82) is 0 Å². The smallest absolute Gasteiger partial charge is 0.283 e. The summed E-state index contributed by atoms with van der Waals surface area (Å²) in [5.74, 6) is -0.101. The minimum absolute atomic E-state index is 0.0143. The first-order valence-electron chi connectivity index (χ1n) is 12.6. The predicted octanol–water partition coefficient (Wildman–Crippen LogP) is 3.45. The van der Waals surface area contributed by atoms with E-state index in [1.165, 1.54) is 5.56 Å². The summed E-state index contributed by atoms with van der Waals surface area (Å²) in [6.07, 6.45) is 6.39. The summed E-state index contributed by atoms with van der Waals surface area (Å²) in [5, 5.41) is 4.30. The van der Waals surface area contributed by atoms with E-state index in [1.54, 1.807) is 19.4 Å². The number of nitrogens with zero attached hydrogens (tertiary/aromatic N) is 4.